The monoisotopic (exact) mass is 1530 g/mol. The van der Waals surface area contributed by atoms with Crippen LogP contribution < -0.4 is 0 Å². The second-order valence-corrected chi connectivity index (χ2v) is 31.2. The molecule has 0 bridgehead atoms. The average Bonchev–Trinajstić information content (AvgIpc) is 1.55. The molecule has 0 fully saturated rings. The van der Waals surface area contributed by atoms with Crippen LogP contribution in [0.25, 0.3) is 220 Å². The van der Waals surface area contributed by atoms with E-state index >= 15 is 4.39 Å². The van der Waals surface area contributed by atoms with Gasteiger partial charge < -0.3 is 36.5 Å². The van der Waals surface area contributed by atoms with Gasteiger partial charge >= 0.3 is 0 Å². The maximum Gasteiger partial charge on any atom is 0.171 e. The first-order valence-corrected chi connectivity index (χ1v) is 40.5. The van der Waals surface area contributed by atoms with E-state index in [0.29, 0.717) is 16.4 Å². The third-order valence-electron chi connectivity index (χ3n) is 24.8. The average molecular weight is 1530 g/mol. The van der Waals surface area contributed by atoms with E-state index in [9.17, 15) is 0 Å². The van der Waals surface area contributed by atoms with Crippen molar-refractivity contribution in [1.29, 1.82) is 0 Å². The molecule has 0 atom stereocenters. The molecular weight excluding hydrogens is 1460 g/mol. The second kappa shape index (κ2) is 25.5. The summed E-state index contributed by atoms with van der Waals surface area (Å²) in [6, 6.07) is 142. The van der Waals surface area contributed by atoms with E-state index in [2.05, 4.69) is 407 Å². The van der Waals surface area contributed by atoms with Gasteiger partial charge in [-0.05, 0) is 146 Å². The normalized spacial score (nSPS) is 12.2. The Morgan fingerprint density at radius 1 is 0.153 bits per heavy atom. The van der Waals surface area contributed by atoms with Crippen molar-refractivity contribution in [3.8, 4) is 45.5 Å². The molecular formula is C108H66ClFN8. The minimum Gasteiger partial charge on any atom is -0.309 e. The lowest BCUT2D eigenvalue weighted by Gasteiger charge is -2.17. The highest BCUT2D eigenvalue weighted by atomic mass is 35.5. The molecule has 0 saturated heterocycles. The molecule has 26 rings (SSSR count). The van der Waals surface area contributed by atoms with Gasteiger partial charge in [0, 0.05) is 109 Å². The predicted molar refractivity (Wildman–Crippen MR) is 493 cm³/mol. The Bertz CT molecular complexity index is 7700. The molecule has 0 N–H and O–H groups in total. The number of benzene rings is 18. The van der Waals surface area contributed by atoms with Crippen LogP contribution in [0.2, 0.25) is 5.02 Å². The van der Waals surface area contributed by atoms with Crippen LogP contribution in [0, 0.1) is 5.82 Å². The van der Waals surface area contributed by atoms with Crippen LogP contribution in [0.4, 0.5) is 4.39 Å². The molecule has 0 unspecified atom stereocenters. The van der Waals surface area contributed by atoms with Gasteiger partial charge in [-0.25, -0.2) is 4.39 Å². The first kappa shape index (κ1) is 66.1. The summed E-state index contributed by atoms with van der Waals surface area (Å²) in [5.74, 6) is -0.287. The zero-order valence-electron chi connectivity index (χ0n) is 63.4. The Labute approximate surface area is 679 Å². The van der Waals surface area contributed by atoms with Crippen LogP contribution in [-0.4, -0.2) is 36.5 Å². The van der Waals surface area contributed by atoms with Crippen molar-refractivity contribution in [1.82, 2.24) is 36.5 Å². The molecule has 118 heavy (non-hydrogen) atoms. The van der Waals surface area contributed by atoms with Gasteiger partial charge in [0.25, 0.3) is 0 Å². The maximum absolute atomic E-state index is 18.4. The van der Waals surface area contributed by atoms with Crippen LogP contribution in [0.1, 0.15) is 0 Å². The molecule has 0 amide bonds. The van der Waals surface area contributed by atoms with E-state index < -0.39 is 0 Å². The Kier molecular flexibility index (Phi) is 14.3. The number of aromatic nitrogens is 8. The summed E-state index contributed by atoms with van der Waals surface area (Å²) < 4.78 is 37.0. The van der Waals surface area contributed by atoms with E-state index in [-0.39, 0.29) is 5.82 Å². The first-order valence-electron chi connectivity index (χ1n) is 40.1. The highest BCUT2D eigenvalue weighted by Crippen LogP contribution is 2.50. The van der Waals surface area contributed by atoms with Crippen molar-refractivity contribution in [3.05, 3.63) is 411 Å². The summed E-state index contributed by atoms with van der Waals surface area (Å²) in [6.45, 7) is 0. The molecule has 0 aliphatic carbocycles. The number of rotatable bonds is 8. The van der Waals surface area contributed by atoms with Gasteiger partial charge in [0.15, 0.2) is 5.82 Å². The summed E-state index contributed by atoms with van der Waals surface area (Å²) >= 11 is 7.98. The Balaban J connectivity index is 0.000000131. The fraction of sp³-hybridized carbons (Fsp3) is 0. The van der Waals surface area contributed by atoms with Gasteiger partial charge in [0.1, 0.15) is 0 Å². The zero-order valence-corrected chi connectivity index (χ0v) is 64.2. The van der Waals surface area contributed by atoms with Crippen LogP contribution in [0.3, 0.4) is 0 Å². The quantitative estimate of drug-likeness (QED) is 0.145. The van der Waals surface area contributed by atoms with E-state index in [1.165, 1.54) is 54.1 Å². The van der Waals surface area contributed by atoms with Crippen LogP contribution >= 0.6 is 11.6 Å². The summed E-state index contributed by atoms with van der Waals surface area (Å²) in [4.78, 5) is 0. The predicted octanol–water partition coefficient (Wildman–Crippen LogP) is 28.9. The van der Waals surface area contributed by atoms with Crippen LogP contribution in [0.15, 0.2) is 400 Å². The number of halogens is 2. The molecule has 0 saturated carbocycles. The number of nitrogens with zero attached hydrogens (tertiary/aromatic N) is 8. The first-order chi connectivity index (χ1) is 58.5. The summed E-state index contributed by atoms with van der Waals surface area (Å²) in [6.07, 6.45) is 0. The highest BCUT2D eigenvalue weighted by Gasteiger charge is 2.30. The minimum absolute atomic E-state index is 0.287. The molecule has 0 spiro atoms. The standard InChI is InChI=1S/C54H33ClN4.C54H33FN4/c2*55-52-48(58-42-24-11-7-20-36(42)38-30-32-46-50(53(38)58)40-22-9-13-26-44(40)56(46)34-16-3-1-4-17-34)28-15-29-49(52)59-43-25-12-8-21-37(43)39-31-33-47-51(54(39)59)41-23-10-14-27-45(41)57(47)35-18-5-2-6-19-35/h2*1-33H. The van der Waals surface area contributed by atoms with Gasteiger partial charge in [0.05, 0.1) is 116 Å². The molecule has 0 aliphatic rings. The fourth-order valence-electron chi connectivity index (χ4n) is 20.2. The molecule has 18 aromatic carbocycles. The van der Waals surface area contributed by atoms with Crippen molar-refractivity contribution in [2.45, 2.75) is 0 Å². The molecule has 26 aromatic rings. The van der Waals surface area contributed by atoms with Crippen molar-refractivity contribution in [2.75, 3.05) is 0 Å². The number of para-hydroxylation sites is 12. The SMILES string of the molecule is Clc1c(-n2c3ccccc3c3ccc4c(c5ccccc5n4-c4ccccc4)c32)cccc1-n1c2ccccc2c2ccc3c(c4ccccc4n3-c3ccccc3)c21.Fc1c(-n2c3ccccc3c3ccc4c(c5ccccc5n4-c4ccccc4)c32)cccc1-n1c2ccccc2c2ccc3c(c4ccccc4n3-c3ccccc3)c21. The molecule has 0 radical (unpaired) electrons. The maximum atomic E-state index is 18.4. The van der Waals surface area contributed by atoms with Gasteiger partial charge in [-0.3, -0.25) is 0 Å². The van der Waals surface area contributed by atoms with E-state index in [1.54, 1.807) is 0 Å². The molecule has 552 valence electrons. The lowest BCUT2D eigenvalue weighted by Crippen LogP contribution is -2.04. The van der Waals surface area contributed by atoms with Crippen molar-refractivity contribution in [2.24, 2.45) is 0 Å². The smallest absolute Gasteiger partial charge is 0.171 e. The summed E-state index contributed by atoms with van der Waals surface area (Å²) in [7, 11) is 0. The minimum atomic E-state index is -0.287. The number of hydrogen-bond donors (Lipinski definition) is 0. The lowest BCUT2D eigenvalue weighted by molar-refractivity contribution is 0.614. The van der Waals surface area contributed by atoms with E-state index in [4.69, 9.17) is 11.6 Å². The van der Waals surface area contributed by atoms with Gasteiger partial charge in [-0.15, -0.1) is 0 Å². The summed E-state index contributed by atoms with van der Waals surface area (Å²) in [5.41, 5.74) is 24.7. The Morgan fingerprint density at radius 3 is 0.593 bits per heavy atom. The van der Waals surface area contributed by atoms with Gasteiger partial charge in [-0.2, -0.15) is 0 Å². The van der Waals surface area contributed by atoms with Crippen molar-refractivity contribution >= 4 is 186 Å². The Hall–Kier alpha value is -15.4. The number of hydrogen-bond acceptors (Lipinski definition) is 0. The topological polar surface area (TPSA) is 39.4 Å². The summed E-state index contributed by atoms with van der Waals surface area (Å²) in [5, 5.41) is 19.0. The molecule has 8 heterocycles. The lowest BCUT2D eigenvalue weighted by atomic mass is 10.1. The molecule has 0 aliphatic heterocycles. The van der Waals surface area contributed by atoms with Gasteiger partial charge in [0.2, 0.25) is 0 Å². The third kappa shape index (κ3) is 9.24. The zero-order chi connectivity index (χ0) is 77.5. The second-order valence-electron chi connectivity index (χ2n) is 30.8. The van der Waals surface area contributed by atoms with E-state index in [0.717, 1.165) is 154 Å². The molecule has 8 nitrogen and oxygen atoms in total. The fourth-order valence-corrected chi connectivity index (χ4v) is 20.5. The van der Waals surface area contributed by atoms with Crippen LogP contribution in [0.5, 0.6) is 0 Å². The highest BCUT2D eigenvalue weighted by molar-refractivity contribution is 6.36. The molecule has 8 aromatic heterocycles. The molecule has 10 heteroatoms. The van der Waals surface area contributed by atoms with Crippen molar-refractivity contribution < 1.29 is 4.39 Å². The largest absolute Gasteiger partial charge is 0.309 e. The van der Waals surface area contributed by atoms with Crippen molar-refractivity contribution in [3.63, 3.8) is 0 Å². The van der Waals surface area contributed by atoms with E-state index in [1.807, 2.05) is 30.3 Å². The third-order valence-corrected chi connectivity index (χ3v) is 25.2. The number of fused-ring (bicyclic) bond motifs is 28. The van der Waals surface area contributed by atoms with Crippen LogP contribution in [-0.2, 0) is 0 Å². The Morgan fingerprint density at radius 2 is 0.347 bits per heavy atom. The van der Waals surface area contributed by atoms with Gasteiger partial charge in [-0.1, -0.05) is 266 Å².